The van der Waals surface area contributed by atoms with Crippen LogP contribution in [0.15, 0.2) is 36.5 Å². The van der Waals surface area contributed by atoms with Crippen LogP contribution in [0.5, 0.6) is 0 Å². The van der Waals surface area contributed by atoms with E-state index in [1.807, 2.05) is 24.4 Å². The lowest BCUT2D eigenvalue weighted by Crippen LogP contribution is -2.22. The Hall–Kier alpha value is -1.45. The Morgan fingerprint density at radius 1 is 1.12 bits per heavy atom. The van der Waals surface area contributed by atoms with Gasteiger partial charge in [-0.15, -0.1) is 0 Å². The number of benzene rings is 1. The van der Waals surface area contributed by atoms with Crippen molar-refractivity contribution in [3.05, 3.63) is 42.2 Å². The monoisotopic (exact) mass is 215 g/mol. The molecule has 0 N–H and O–H groups in total. The van der Waals surface area contributed by atoms with Gasteiger partial charge in [0.05, 0.1) is 25.5 Å². The lowest BCUT2D eigenvalue weighted by Gasteiger charge is -2.23. The lowest BCUT2D eigenvalue weighted by molar-refractivity contribution is -0.0911. The molecule has 3 nitrogen and oxygen atoms in total. The molecule has 1 saturated heterocycles. The standard InChI is InChI=1S/C13H13NO2/c1-2-4-11-10(3-1)5-6-14-13(11)12-9-15-7-8-16-12/h1-6,12H,7-9H2/t12-/m1/s1. The molecule has 0 unspecified atom stereocenters. The van der Waals surface area contributed by atoms with E-state index in [0.29, 0.717) is 19.8 Å². The largest absolute Gasteiger partial charge is 0.376 e. The Bertz CT molecular complexity index is 487. The molecule has 1 aromatic heterocycles. The first-order chi connectivity index (χ1) is 7.95. The maximum Gasteiger partial charge on any atom is 0.123 e. The maximum atomic E-state index is 5.68. The molecule has 0 aliphatic carbocycles. The molecular weight excluding hydrogens is 202 g/mol. The molecule has 0 saturated carbocycles. The van der Waals surface area contributed by atoms with Crippen molar-refractivity contribution >= 4 is 10.8 Å². The van der Waals surface area contributed by atoms with Crippen molar-refractivity contribution in [1.82, 2.24) is 4.98 Å². The van der Waals surface area contributed by atoms with Crippen LogP contribution in [-0.4, -0.2) is 24.8 Å². The normalized spacial score (nSPS) is 21.1. The van der Waals surface area contributed by atoms with E-state index in [-0.39, 0.29) is 6.10 Å². The van der Waals surface area contributed by atoms with Gasteiger partial charge in [0.2, 0.25) is 0 Å². The van der Waals surface area contributed by atoms with Crippen LogP contribution in [0.2, 0.25) is 0 Å². The Balaban J connectivity index is 2.08. The molecule has 82 valence electrons. The number of nitrogens with zero attached hydrogens (tertiary/aromatic N) is 1. The fourth-order valence-electron chi connectivity index (χ4n) is 2.05. The van der Waals surface area contributed by atoms with Gasteiger partial charge in [-0.25, -0.2) is 0 Å². The molecule has 2 aromatic rings. The van der Waals surface area contributed by atoms with E-state index >= 15 is 0 Å². The fraction of sp³-hybridized carbons (Fsp3) is 0.308. The second-order valence-electron chi connectivity index (χ2n) is 3.85. The molecule has 0 amide bonds. The minimum atomic E-state index is -0.0279. The third-order valence-corrected chi connectivity index (χ3v) is 2.83. The van der Waals surface area contributed by atoms with Gasteiger partial charge in [0, 0.05) is 11.6 Å². The number of aromatic nitrogens is 1. The van der Waals surface area contributed by atoms with Gasteiger partial charge in [-0.3, -0.25) is 4.98 Å². The van der Waals surface area contributed by atoms with Crippen molar-refractivity contribution in [2.24, 2.45) is 0 Å². The van der Waals surface area contributed by atoms with Crippen molar-refractivity contribution < 1.29 is 9.47 Å². The summed E-state index contributed by atoms with van der Waals surface area (Å²) in [5, 5.41) is 2.35. The summed E-state index contributed by atoms with van der Waals surface area (Å²) in [5.74, 6) is 0. The summed E-state index contributed by atoms with van der Waals surface area (Å²) in [4.78, 5) is 4.43. The number of fused-ring (bicyclic) bond motifs is 1. The number of hydrogen-bond donors (Lipinski definition) is 0. The highest BCUT2D eigenvalue weighted by Crippen LogP contribution is 2.26. The van der Waals surface area contributed by atoms with Crippen LogP contribution in [0.1, 0.15) is 11.8 Å². The van der Waals surface area contributed by atoms with Gasteiger partial charge < -0.3 is 9.47 Å². The van der Waals surface area contributed by atoms with Crippen LogP contribution in [-0.2, 0) is 9.47 Å². The Kier molecular flexibility index (Phi) is 2.56. The highest BCUT2D eigenvalue weighted by molar-refractivity contribution is 5.84. The molecular formula is C13H13NO2. The molecule has 1 aliphatic rings. The van der Waals surface area contributed by atoms with Gasteiger partial charge in [-0.2, -0.15) is 0 Å². The minimum Gasteiger partial charge on any atom is -0.376 e. The molecule has 0 spiro atoms. The van der Waals surface area contributed by atoms with Gasteiger partial charge >= 0.3 is 0 Å². The molecule has 1 aromatic carbocycles. The number of ether oxygens (including phenoxy) is 2. The van der Waals surface area contributed by atoms with E-state index in [4.69, 9.17) is 9.47 Å². The molecule has 3 rings (SSSR count). The fourth-order valence-corrected chi connectivity index (χ4v) is 2.05. The van der Waals surface area contributed by atoms with E-state index in [0.717, 1.165) is 11.1 Å². The van der Waals surface area contributed by atoms with Crippen LogP contribution < -0.4 is 0 Å². The number of pyridine rings is 1. The van der Waals surface area contributed by atoms with Gasteiger partial charge in [-0.05, 0) is 11.5 Å². The lowest BCUT2D eigenvalue weighted by atomic mass is 10.1. The summed E-state index contributed by atoms with van der Waals surface area (Å²) in [7, 11) is 0. The summed E-state index contributed by atoms with van der Waals surface area (Å²) in [5.41, 5.74) is 0.984. The quantitative estimate of drug-likeness (QED) is 0.731. The van der Waals surface area contributed by atoms with Crippen molar-refractivity contribution in [3.63, 3.8) is 0 Å². The van der Waals surface area contributed by atoms with Gasteiger partial charge in [0.1, 0.15) is 6.10 Å². The van der Waals surface area contributed by atoms with E-state index in [1.165, 1.54) is 5.39 Å². The maximum absolute atomic E-state index is 5.68. The molecule has 1 fully saturated rings. The van der Waals surface area contributed by atoms with Crippen LogP contribution in [0, 0.1) is 0 Å². The highest BCUT2D eigenvalue weighted by Gasteiger charge is 2.19. The topological polar surface area (TPSA) is 31.4 Å². The average molecular weight is 215 g/mol. The van der Waals surface area contributed by atoms with Crippen LogP contribution in [0.3, 0.4) is 0 Å². The Labute approximate surface area is 94.0 Å². The molecule has 1 atom stereocenters. The zero-order valence-corrected chi connectivity index (χ0v) is 8.93. The molecule has 3 heteroatoms. The predicted molar refractivity (Wildman–Crippen MR) is 61.3 cm³/mol. The second kappa shape index (κ2) is 4.20. The first-order valence-electron chi connectivity index (χ1n) is 5.48. The number of hydrogen-bond acceptors (Lipinski definition) is 3. The molecule has 2 heterocycles. The Morgan fingerprint density at radius 3 is 2.94 bits per heavy atom. The van der Waals surface area contributed by atoms with Gasteiger partial charge in [-0.1, -0.05) is 24.3 Å². The van der Waals surface area contributed by atoms with Crippen molar-refractivity contribution in [1.29, 1.82) is 0 Å². The van der Waals surface area contributed by atoms with Gasteiger partial charge in [0.25, 0.3) is 0 Å². The van der Waals surface area contributed by atoms with Crippen LogP contribution >= 0.6 is 0 Å². The van der Waals surface area contributed by atoms with Crippen molar-refractivity contribution in [2.75, 3.05) is 19.8 Å². The molecule has 16 heavy (non-hydrogen) atoms. The van der Waals surface area contributed by atoms with Crippen LogP contribution in [0.4, 0.5) is 0 Å². The van der Waals surface area contributed by atoms with Gasteiger partial charge in [0.15, 0.2) is 0 Å². The smallest absolute Gasteiger partial charge is 0.123 e. The summed E-state index contributed by atoms with van der Waals surface area (Å²) < 4.78 is 11.1. The zero-order chi connectivity index (χ0) is 10.8. The first kappa shape index (κ1) is 9.75. The molecule has 1 aliphatic heterocycles. The summed E-state index contributed by atoms with van der Waals surface area (Å²) in [6, 6.07) is 10.2. The van der Waals surface area contributed by atoms with E-state index in [1.54, 1.807) is 0 Å². The third-order valence-electron chi connectivity index (χ3n) is 2.83. The van der Waals surface area contributed by atoms with E-state index in [2.05, 4.69) is 17.1 Å². The zero-order valence-electron chi connectivity index (χ0n) is 8.93. The SMILES string of the molecule is c1ccc2c([C@H]3COCCO3)nccc2c1. The average Bonchev–Trinajstić information content (AvgIpc) is 2.39. The second-order valence-corrected chi connectivity index (χ2v) is 3.85. The van der Waals surface area contributed by atoms with Crippen LogP contribution in [0.25, 0.3) is 10.8 Å². The first-order valence-corrected chi connectivity index (χ1v) is 5.48. The number of rotatable bonds is 1. The third kappa shape index (κ3) is 1.68. The van der Waals surface area contributed by atoms with E-state index in [9.17, 15) is 0 Å². The summed E-state index contributed by atoms with van der Waals surface area (Å²) in [6.07, 6.45) is 1.80. The van der Waals surface area contributed by atoms with Crippen molar-refractivity contribution in [3.8, 4) is 0 Å². The summed E-state index contributed by atoms with van der Waals surface area (Å²) in [6.45, 7) is 1.93. The summed E-state index contributed by atoms with van der Waals surface area (Å²) >= 11 is 0. The van der Waals surface area contributed by atoms with Crippen molar-refractivity contribution in [2.45, 2.75) is 6.10 Å². The Morgan fingerprint density at radius 2 is 2.06 bits per heavy atom. The molecule has 0 bridgehead atoms. The predicted octanol–water partition coefficient (Wildman–Crippen LogP) is 2.32. The minimum absolute atomic E-state index is 0.0279. The van der Waals surface area contributed by atoms with E-state index < -0.39 is 0 Å². The highest BCUT2D eigenvalue weighted by atomic mass is 16.6. The molecule has 0 radical (unpaired) electrons.